The van der Waals surface area contributed by atoms with E-state index in [4.69, 9.17) is 9.52 Å². The third-order valence-corrected chi connectivity index (χ3v) is 3.86. The molecule has 0 spiro atoms. The van der Waals surface area contributed by atoms with Crippen molar-refractivity contribution in [2.75, 3.05) is 12.4 Å². The molecule has 0 fully saturated rings. The fourth-order valence-corrected chi connectivity index (χ4v) is 2.78. The van der Waals surface area contributed by atoms with Gasteiger partial charge in [-0.2, -0.15) is 0 Å². The predicted octanol–water partition coefficient (Wildman–Crippen LogP) is 2.98. The summed E-state index contributed by atoms with van der Waals surface area (Å²) < 4.78 is 7.39. The highest BCUT2D eigenvalue weighted by Gasteiger charge is 2.14. The zero-order chi connectivity index (χ0) is 14.2. The van der Waals surface area contributed by atoms with Gasteiger partial charge in [0.05, 0.1) is 6.26 Å². The summed E-state index contributed by atoms with van der Waals surface area (Å²) in [4.78, 5) is 0. The number of rotatable bonds is 9. The summed E-state index contributed by atoms with van der Waals surface area (Å²) in [5, 5.41) is 18.1. The van der Waals surface area contributed by atoms with Gasteiger partial charge in [0.2, 0.25) is 5.82 Å². The van der Waals surface area contributed by atoms with Gasteiger partial charge in [-0.25, -0.2) is 0 Å². The number of hydrogen-bond acceptors (Lipinski definition) is 5. The largest absolute Gasteiger partial charge is 0.461 e. The average Bonchev–Trinajstić information content (AvgIpc) is 3.09. The van der Waals surface area contributed by atoms with E-state index in [1.54, 1.807) is 18.0 Å². The second-order valence-corrected chi connectivity index (χ2v) is 5.38. The number of allylic oxidation sites excluding steroid dienone is 1. The highest BCUT2D eigenvalue weighted by molar-refractivity contribution is 7.99. The molecule has 0 atom stereocenters. The molecule has 0 saturated carbocycles. The van der Waals surface area contributed by atoms with E-state index in [0.717, 1.165) is 36.0 Å². The van der Waals surface area contributed by atoms with Crippen LogP contribution in [0.15, 0.2) is 40.6 Å². The van der Waals surface area contributed by atoms with E-state index in [9.17, 15) is 0 Å². The van der Waals surface area contributed by atoms with E-state index in [2.05, 4.69) is 16.8 Å². The van der Waals surface area contributed by atoms with Crippen LogP contribution < -0.4 is 0 Å². The molecule has 2 rings (SSSR count). The van der Waals surface area contributed by atoms with Crippen LogP contribution >= 0.6 is 11.8 Å². The molecule has 0 unspecified atom stereocenters. The van der Waals surface area contributed by atoms with E-state index in [1.807, 2.05) is 22.8 Å². The first kappa shape index (κ1) is 14.9. The van der Waals surface area contributed by atoms with Crippen molar-refractivity contribution in [2.24, 2.45) is 0 Å². The molecule has 0 radical (unpaired) electrons. The van der Waals surface area contributed by atoms with Gasteiger partial charge < -0.3 is 9.52 Å². The first-order valence-electron chi connectivity index (χ1n) is 6.68. The highest BCUT2D eigenvalue weighted by atomic mass is 32.2. The molecule has 2 heterocycles. The molecular formula is C14H19N3O2S. The number of nitrogens with zero attached hydrogens (tertiary/aromatic N) is 3. The lowest BCUT2D eigenvalue weighted by atomic mass is 10.3. The predicted molar refractivity (Wildman–Crippen MR) is 79.6 cm³/mol. The van der Waals surface area contributed by atoms with Crippen LogP contribution in [0.2, 0.25) is 0 Å². The van der Waals surface area contributed by atoms with Crippen LogP contribution in [0.5, 0.6) is 0 Å². The molecule has 108 valence electrons. The summed E-state index contributed by atoms with van der Waals surface area (Å²) >= 11 is 1.67. The Bertz CT molecular complexity index is 523. The number of thioether (sulfide) groups is 1. The molecule has 2 aromatic heterocycles. The monoisotopic (exact) mass is 293 g/mol. The Morgan fingerprint density at radius 3 is 2.95 bits per heavy atom. The lowest BCUT2D eigenvalue weighted by Gasteiger charge is -2.05. The quantitative estimate of drug-likeness (QED) is 0.437. The molecule has 0 aliphatic heterocycles. The Kier molecular flexibility index (Phi) is 5.88. The third-order valence-electron chi connectivity index (χ3n) is 2.80. The van der Waals surface area contributed by atoms with Gasteiger partial charge in [0.1, 0.15) is 0 Å². The topological polar surface area (TPSA) is 64.1 Å². The van der Waals surface area contributed by atoms with E-state index in [-0.39, 0.29) is 6.61 Å². The molecule has 20 heavy (non-hydrogen) atoms. The van der Waals surface area contributed by atoms with Gasteiger partial charge in [0.25, 0.3) is 0 Å². The zero-order valence-corrected chi connectivity index (χ0v) is 12.2. The fraction of sp³-hybridized carbons (Fsp3) is 0.429. The SMILES string of the molecule is C=CCn1c(SCCCCCO)nnc1-c1ccco1. The molecule has 0 aromatic carbocycles. The van der Waals surface area contributed by atoms with Crippen molar-refractivity contribution >= 4 is 11.8 Å². The van der Waals surface area contributed by atoms with Gasteiger partial charge in [-0.1, -0.05) is 24.3 Å². The summed E-state index contributed by atoms with van der Waals surface area (Å²) in [6.07, 6.45) is 6.40. The summed E-state index contributed by atoms with van der Waals surface area (Å²) in [5.41, 5.74) is 0. The van der Waals surface area contributed by atoms with Crippen LogP contribution in [-0.4, -0.2) is 32.2 Å². The van der Waals surface area contributed by atoms with Crippen molar-refractivity contribution in [3.63, 3.8) is 0 Å². The fourth-order valence-electron chi connectivity index (χ4n) is 1.83. The Morgan fingerprint density at radius 2 is 2.25 bits per heavy atom. The lowest BCUT2D eigenvalue weighted by molar-refractivity contribution is 0.284. The third kappa shape index (κ3) is 3.74. The van der Waals surface area contributed by atoms with Crippen LogP contribution in [0.4, 0.5) is 0 Å². The van der Waals surface area contributed by atoms with E-state index < -0.39 is 0 Å². The molecular weight excluding hydrogens is 274 g/mol. The van der Waals surface area contributed by atoms with Crippen molar-refractivity contribution in [1.82, 2.24) is 14.8 Å². The summed E-state index contributed by atoms with van der Waals surface area (Å²) in [7, 11) is 0. The Morgan fingerprint density at radius 1 is 1.35 bits per heavy atom. The molecule has 5 nitrogen and oxygen atoms in total. The smallest absolute Gasteiger partial charge is 0.200 e. The van der Waals surface area contributed by atoms with Crippen LogP contribution in [-0.2, 0) is 6.54 Å². The van der Waals surface area contributed by atoms with Gasteiger partial charge in [-0.3, -0.25) is 4.57 Å². The molecule has 0 bridgehead atoms. The van der Waals surface area contributed by atoms with Gasteiger partial charge in [0.15, 0.2) is 10.9 Å². The van der Waals surface area contributed by atoms with Crippen molar-refractivity contribution in [3.8, 4) is 11.6 Å². The summed E-state index contributed by atoms with van der Waals surface area (Å²) in [6, 6.07) is 3.71. The number of furan rings is 1. The molecule has 0 aliphatic rings. The van der Waals surface area contributed by atoms with E-state index in [1.165, 1.54) is 0 Å². The minimum Gasteiger partial charge on any atom is -0.461 e. The van der Waals surface area contributed by atoms with E-state index in [0.29, 0.717) is 12.3 Å². The number of aliphatic hydroxyl groups excluding tert-OH is 1. The number of aromatic nitrogens is 3. The molecule has 6 heteroatoms. The van der Waals surface area contributed by atoms with Gasteiger partial charge in [0, 0.05) is 18.9 Å². The Hall–Kier alpha value is -1.53. The maximum absolute atomic E-state index is 8.75. The first-order chi connectivity index (χ1) is 9.86. The van der Waals surface area contributed by atoms with Gasteiger partial charge in [-0.15, -0.1) is 16.8 Å². The van der Waals surface area contributed by atoms with Crippen molar-refractivity contribution in [1.29, 1.82) is 0 Å². The maximum atomic E-state index is 8.75. The molecule has 0 amide bonds. The Balaban J connectivity index is 2.03. The van der Waals surface area contributed by atoms with E-state index >= 15 is 0 Å². The minimum atomic E-state index is 0.264. The van der Waals surface area contributed by atoms with Crippen LogP contribution in [0.25, 0.3) is 11.6 Å². The first-order valence-corrected chi connectivity index (χ1v) is 7.67. The van der Waals surface area contributed by atoms with Crippen LogP contribution in [0, 0.1) is 0 Å². The van der Waals surface area contributed by atoms with Gasteiger partial charge in [-0.05, 0) is 25.0 Å². The maximum Gasteiger partial charge on any atom is 0.200 e. The van der Waals surface area contributed by atoms with Crippen molar-refractivity contribution in [3.05, 3.63) is 31.1 Å². The summed E-state index contributed by atoms with van der Waals surface area (Å²) in [5.74, 6) is 2.41. The average molecular weight is 293 g/mol. The standard InChI is InChI=1S/C14H19N3O2S/c1-2-8-17-13(12-7-6-10-19-12)15-16-14(17)20-11-5-3-4-9-18/h2,6-7,10,18H,1,3-5,8-9,11H2. The van der Waals surface area contributed by atoms with Crippen molar-refractivity contribution < 1.29 is 9.52 Å². The zero-order valence-electron chi connectivity index (χ0n) is 11.4. The molecule has 2 aromatic rings. The summed E-state index contributed by atoms with van der Waals surface area (Å²) in [6.45, 7) is 4.69. The molecule has 0 saturated heterocycles. The minimum absolute atomic E-state index is 0.264. The number of hydrogen-bond donors (Lipinski definition) is 1. The number of aliphatic hydroxyl groups is 1. The lowest BCUT2D eigenvalue weighted by Crippen LogP contribution is -2.00. The normalized spacial score (nSPS) is 10.8. The number of unbranched alkanes of at least 4 members (excludes halogenated alkanes) is 2. The van der Waals surface area contributed by atoms with Crippen LogP contribution in [0.1, 0.15) is 19.3 Å². The second kappa shape index (κ2) is 7.91. The van der Waals surface area contributed by atoms with Crippen molar-refractivity contribution in [2.45, 2.75) is 31.0 Å². The second-order valence-electron chi connectivity index (χ2n) is 4.32. The highest BCUT2D eigenvalue weighted by Crippen LogP contribution is 2.25. The Labute approximate surface area is 122 Å². The molecule has 1 N–H and O–H groups in total. The molecule has 0 aliphatic carbocycles. The van der Waals surface area contributed by atoms with Crippen LogP contribution in [0.3, 0.4) is 0 Å². The van der Waals surface area contributed by atoms with Gasteiger partial charge >= 0.3 is 0 Å².